The molecule has 2 aromatic rings. The van der Waals surface area contributed by atoms with Crippen LogP contribution in [-0.4, -0.2) is 12.9 Å². The van der Waals surface area contributed by atoms with Crippen LogP contribution in [0, 0.1) is 11.6 Å². The smallest absolute Gasteiger partial charge is 0.212 e. The van der Waals surface area contributed by atoms with E-state index in [9.17, 15) is 13.6 Å². The Morgan fingerprint density at radius 3 is 2.50 bits per heavy atom. The van der Waals surface area contributed by atoms with Crippen molar-refractivity contribution in [3.63, 3.8) is 0 Å². The third kappa shape index (κ3) is 2.30. The highest BCUT2D eigenvalue weighted by atomic mass is 79.9. The number of thiophene rings is 1. The van der Waals surface area contributed by atoms with Crippen molar-refractivity contribution in [1.29, 1.82) is 0 Å². The van der Waals surface area contributed by atoms with E-state index in [1.807, 2.05) is 0 Å². The maximum atomic E-state index is 13.7. The molecule has 0 fully saturated rings. The van der Waals surface area contributed by atoms with Crippen LogP contribution in [-0.2, 0) is 0 Å². The summed E-state index contributed by atoms with van der Waals surface area (Å²) < 4.78 is 32.5. The molecular formula is C12H7BrF2O2S. The molecule has 2 nitrogen and oxygen atoms in total. The van der Waals surface area contributed by atoms with Gasteiger partial charge in [0.05, 0.1) is 12.7 Å². The molecule has 2 rings (SSSR count). The number of hydrogen-bond donors (Lipinski definition) is 0. The summed E-state index contributed by atoms with van der Waals surface area (Å²) in [5, 5.41) is 1.63. The van der Waals surface area contributed by atoms with Gasteiger partial charge >= 0.3 is 0 Å². The average Bonchev–Trinajstić information content (AvgIpc) is 2.75. The number of benzene rings is 1. The number of hydrogen-bond acceptors (Lipinski definition) is 3. The Bertz CT molecular complexity index is 587. The van der Waals surface area contributed by atoms with Gasteiger partial charge in [0.25, 0.3) is 0 Å². The Morgan fingerprint density at radius 1 is 1.33 bits per heavy atom. The first-order valence-electron chi connectivity index (χ1n) is 4.85. The molecule has 0 aliphatic carbocycles. The fourth-order valence-electron chi connectivity index (χ4n) is 1.50. The quantitative estimate of drug-likeness (QED) is 0.793. The fraction of sp³-hybridized carbons (Fsp3) is 0.0833. The molecule has 18 heavy (non-hydrogen) atoms. The Labute approximate surface area is 114 Å². The fourth-order valence-corrected chi connectivity index (χ4v) is 2.70. The number of ether oxygens (including phenoxy) is 1. The molecule has 0 saturated carbocycles. The second-order valence-corrected chi connectivity index (χ2v) is 5.22. The van der Waals surface area contributed by atoms with Gasteiger partial charge in [-0.05, 0) is 23.6 Å². The summed E-state index contributed by atoms with van der Waals surface area (Å²) in [5.41, 5.74) is -0.570. The third-order valence-electron chi connectivity index (χ3n) is 2.29. The van der Waals surface area contributed by atoms with E-state index in [0.29, 0.717) is 5.75 Å². The summed E-state index contributed by atoms with van der Waals surface area (Å²) in [6, 6.07) is 3.68. The summed E-state index contributed by atoms with van der Waals surface area (Å²) in [4.78, 5) is 12.3. The largest absolute Gasteiger partial charge is 0.495 e. The van der Waals surface area contributed by atoms with Gasteiger partial charge in [-0.2, -0.15) is 0 Å². The van der Waals surface area contributed by atoms with Gasteiger partial charge in [0.2, 0.25) is 5.78 Å². The summed E-state index contributed by atoms with van der Waals surface area (Å²) in [5.74, 6) is -2.21. The van der Waals surface area contributed by atoms with E-state index in [2.05, 4.69) is 15.9 Å². The van der Waals surface area contributed by atoms with Crippen molar-refractivity contribution in [3.05, 3.63) is 50.1 Å². The third-order valence-corrected chi connectivity index (χ3v) is 3.64. The number of rotatable bonds is 3. The molecule has 0 atom stereocenters. The molecular weight excluding hydrogens is 326 g/mol. The predicted octanol–water partition coefficient (Wildman–Crippen LogP) is 4.03. The van der Waals surface area contributed by atoms with Crippen molar-refractivity contribution >= 4 is 33.0 Å². The van der Waals surface area contributed by atoms with E-state index in [0.717, 1.165) is 23.5 Å². The summed E-state index contributed by atoms with van der Waals surface area (Å²) >= 11 is 4.04. The van der Waals surface area contributed by atoms with Gasteiger partial charge in [-0.1, -0.05) is 15.9 Å². The van der Waals surface area contributed by atoms with Crippen LogP contribution in [0.3, 0.4) is 0 Å². The summed E-state index contributed by atoms with van der Waals surface area (Å²) in [7, 11) is 1.40. The zero-order valence-corrected chi connectivity index (χ0v) is 11.6. The Kier molecular flexibility index (Phi) is 3.77. The zero-order valence-electron chi connectivity index (χ0n) is 9.17. The molecule has 0 unspecified atom stereocenters. The highest BCUT2D eigenvalue weighted by Crippen LogP contribution is 2.30. The lowest BCUT2D eigenvalue weighted by Crippen LogP contribution is -2.07. The van der Waals surface area contributed by atoms with E-state index in [4.69, 9.17) is 4.74 Å². The van der Waals surface area contributed by atoms with E-state index < -0.39 is 23.0 Å². The second-order valence-electron chi connectivity index (χ2n) is 3.39. The van der Waals surface area contributed by atoms with Gasteiger partial charge in [0.1, 0.15) is 22.3 Å². The molecule has 0 bridgehead atoms. The molecule has 0 amide bonds. The van der Waals surface area contributed by atoms with Crippen molar-refractivity contribution in [2.45, 2.75) is 0 Å². The van der Waals surface area contributed by atoms with Crippen LogP contribution >= 0.6 is 27.3 Å². The van der Waals surface area contributed by atoms with Crippen LogP contribution in [0.5, 0.6) is 5.75 Å². The number of ketones is 1. The lowest BCUT2D eigenvalue weighted by molar-refractivity contribution is 0.103. The first kappa shape index (κ1) is 13.2. The van der Waals surface area contributed by atoms with Crippen molar-refractivity contribution in [2.24, 2.45) is 0 Å². The van der Waals surface area contributed by atoms with Gasteiger partial charge < -0.3 is 4.74 Å². The monoisotopic (exact) mass is 332 g/mol. The lowest BCUT2D eigenvalue weighted by atomic mass is 10.1. The minimum atomic E-state index is -0.901. The molecule has 0 aliphatic rings. The Hall–Kier alpha value is -1.27. The summed E-state index contributed by atoms with van der Waals surface area (Å²) in [6.45, 7) is 0. The number of carbonyl (C=O) groups excluding carboxylic acids is 1. The normalized spacial score (nSPS) is 10.4. The topological polar surface area (TPSA) is 26.3 Å². The molecule has 6 heteroatoms. The molecule has 94 valence electrons. The van der Waals surface area contributed by atoms with Crippen LogP contribution in [0.4, 0.5) is 8.78 Å². The highest BCUT2D eigenvalue weighted by Gasteiger charge is 2.23. The van der Waals surface area contributed by atoms with Crippen molar-refractivity contribution < 1.29 is 18.3 Å². The number of carbonyl (C=O) groups is 1. The first-order chi connectivity index (χ1) is 8.54. The number of methoxy groups -OCH3 is 1. The zero-order chi connectivity index (χ0) is 13.3. The molecule has 0 spiro atoms. The maximum absolute atomic E-state index is 13.7. The van der Waals surface area contributed by atoms with Crippen molar-refractivity contribution in [3.8, 4) is 5.75 Å². The van der Waals surface area contributed by atoms with Gasteiger partial charge in [-0.3, -0.25) is 4.79 Å². The molecule has 0 saturated heterocycles. The standard InChI is InChI=1S/C12H7BrF2O2S/c1-17-9-2-3-18-12(9)11(16)10-7(14)4-6(13)5-8(10)15/h2-5H,1H3. The number of halogens is 3. The van der Waals surface area contributed by atoms with Crippen molar-refractivity contribution in [1.82, 2.24) is 0 Å². The van der Waals surface area contributed by atoms with E-state index in [1.54, 1.807) is 11.4 Å². The van der Waals surface area contributed by atoms with E-state index in [1.165, 1.54) is 7.11 Å². The average molecular weight is 333 g/mol. The van der Waals surface area contributed by atoms with Crippen LogP contribution in [0.2, 0.25) is 0 Å². The Balaban J connectivity index is 2.53. The van der Waals surface area contributed by atoms with Gasteiger partial charge in [0.15, 0.2) is 0 Å². The lowest BCUT2D eigenvalue weighted by Gasteiger charge is -2.05. The maximum Gasteiger partial charge on any atom is 0.212 e. The van der Waals surface area contributed by atoms with Crippen LogP contribution in [0.1, 0.15) is 15.2 Å². The van der Waals surface area contributed by atoms with Crippen LogP contribution < -0.4 is 4.74 Å². The minimum Gasteiger partial charge on any atom is -0.495 e. The molecule has 0 aliphatic heterocycles. The van der Waals surface area contributed by atoms with E-state index >= 15 is 0 Å². The summed E-state index contributed by atoms with van der Waals surface area (Å²) in [6.07, 6.45) is 0. The highest BCUT2D eigenvalue weighted by molar-refractivity contribution is 9.10. The van der Waals surface area contributed by atoms with Gasteiger partial charge in [-0.15, -0.1) is 11.3 Å². The predicted molar refractivity (Wildman–Crippen MR) is 68.4 cm³/mol. The molecule has 1 aromatic heterocycles. The molecule has 0 radical (unpaired) electrons. The van der Waals surface area contributed by atoms with Gasteiger partial charge in [-0.25, -0.2) is 8.78 Å². The molecule has 1 heterocycles. The SMILES string of the molecule is COc1ccsc1C(=O)c1c(F)cc(Br)cc1F. The molecule has 0 N–H and O–H groups in total. The Morgan fingerprint density at radius 2 is 1.94 bits per heavy atom. The van der Waals surface area contributed by atoms with Gasteiger partial charge in [0, 0.05) is 4.47 Å². The van der Waals surface area contributed by atoms with Crippen LogP contribution in [0.25, 0.3) is 0 Å². The first-order valence-corrected chi connectivity index (χ1v) is 6.52. The second kappa shape index (κ2) is 5.16. The van der Waals surface area contributed by atoms with E-state index in [-0.39, 0.29) is 9.35 Å². The van der Waals surface area contributed by atoms with Crippen molar-refractivity contribution in [2.75, 3.05) is 7.11 Å². The molecule has 1 aromatic carbocycles. The minimum absolute atomic E-state index is 0.178. The van der Waals surface area contributed by atoms with Crippen LogP contribution in [0.15, 0.2) is 28.1 Å².